The minimum absolute atomic E-state index is 0.583. The molecule has 2 aromatic rings. The number of para-hydroxylation sites is 1. The van der Waals surface area contributed by atoms with Crippen LogP contribution in [0.3, 0.4) is 0 Å². The molecular weight excluding hydrogens is 254 g/mol. The molecule has 1 N–H and O–H groups in total. The minimum atomic E-state index is 0.583. The van der Waals surface area contributed by atoms with Gasteiger partial charge in [-0.25, -0.2) is 0 Å². The molecule has 0 fully saturated rings. The maximum Gasteiger partial charge on any atom is 0.145 e. The highest BCUT2D eigenvalue weighted by molar-refractivity contribution is 5.59. The standard InChI is InChI=1S/C16H19NO3/c1-18-14-8-9-15(16(12-14)19-2)17-10-11-20-13-6-4-3-5-7-13/h3-9,12,17H,10-11H2,1-2H3. The molecule has 0 aromatic heterocycles. The van der Waals surface area contributed by atoms with Crippen molar-refractivity contribution in [3.63, 3.8) is 0 Å². The quantitative estimate of drug-likeness (QED) is 0.786. The van der Waals surface area contributed by atoms with E-state index in [1.165, 1.54) is 0 Å². The molecule has 106 valence electrons. The van der Waals surface area contributed by atoms with Crippen LogP contribution in [0.5, 0.6) is 17.2 Å². The molecule has 0 radical (unpaired) electrons. The third kappa shape index (κ3) is 3.82. The van der Waals surface area contributed by atoms with Crippen LogP contribution in [-0.4, -0.2) is 27.4 Å². The minimum Gasteiger partial charge on any atom is -0.497 e. The normalized spacial score (nSPS) is 9.90. The molecule has 4 heteroatoms. The summed E-state index contributed by atoms with van der Waals surface area (Å²) in [6, 6.07) is 15.4. The van der Waals surface area contributed by atoms with E-state index in [0.29, 0.717) is 13.2 Å². The summed E-state index contributed by atoms with van der Waals surface area (Å²) in [4.78, 5) is 0. The van der Waals surface area contributed by atoms with Crippen molar-refractivity contribution in [2.24, 2.45) is 0 Å². The molecule has 0 amide bonds. The predicted molar refractivity (Wildman–Crippen MR) is 80.0 cm³/mol. The fourth-order valence-electron chi connectivity index (χ4n) is 1.82. The topological polar surface area (TPSA) is 39.7 Å². The summed E-state index contributed by atoms with van der Waals surface area (Å²) < 4.78 is 16.1. The molecule has 2 rings (SSSR count). The van der Waals surface area contributed by atoms with Gasteiger partial charge in [-0.15, -0.1) is 0 Å². The van der Waals surface area contributed by atoms with Gasteiger partial charge in [0, 0.05) is 12.6 Å². The number of benzene rings is 2. The first-order valence-electron chi connectivity index (χ1n) is 6.47. The number of hydrogen-bond donors (Lipinski definition) is 1. The summed E-state index contributed by atoms with van der Waals surface area (Å²) >= 11 is 0. The summed E-state index contributed by atoms with van der Waals surface area (Å²) in [5, 5.41) is 3.28. The van der Waals surface area contributed by atoms with Crippen molar-refractivity contribution in [1.29, 1.82) is 0 Å². The van der Waals surface area contributed by atoms with Gasteiger partial charge in [-0.05, 0) is 24.3 Å². The second kappa shape index (κ2) is 7.28. The molecule has 2 aromatic carbocycles. The van der Waals surface area contributed by atoms with E-state index in [1.54, 1.807) is 14.2 Å². The number of methoxy groups -OCH3 is 2. The molecule has 0 saturated carbocycles. The molecule has 0 aliphatic rings. The Labute approximate surface area is 119 Å². The monoisotopic (exact) mass is 273 g/mol. The molecule has 0 aliphatic heterocycles. The number of nitrogens with one attached hydrogen (secondary N) is 1. The van der Waals surface area contributed by atoms with E-state index >= 15 is 0 Å². The van der Waals surface area contributed by atoms with Gasteiger partial charge in [-0.1, -0.05) is 18.2 Å². The van der Waals surface area contributed by atoms with Crippen LogP contribution in [0, 0.1) is 0 Å². The maximum atomic E-state index is 5.62. The van der Waals surface area contributed by atoms with Crippen molar-refractivity contribution in [1.82, 2.24) is 0 Å². The maximum absolute atomic E-state index is 5.62. The summed E-state index contributed by atoms with van der Waals surface area (Å²) in [6.45, 7) is 1.27. The highest BCUT2D eigenvalue weighted by atomic mass is 16.5. The van der Waals surface area contributed by atoms with E-state index in [9.17, 15) is 0 Å². The van der Waals surface area contributed by atoms with Gasteiger partial charge in [0.05, 0.1) is 19.9 Å². The van der Waals surface area contributed by atoms with E-state index in [0.717, 1.165) is 22.9 Å². The fraction of sp³-hybridized carbons (Fsp3) is 0.250. The molecule has 0 saturated heterocycles. The van der Waals surface area contributed by atoms with Crippen LogP contribution in [0.4, 0.5) is 5.69 Å². The highest BCUT2D eigenvalue weighted by Gasteiger charge is 2.04. The van der Waals surface area contributed by atoms with Crippen molar-refractivity contribution in [3.8, 4) is 17.2 Å². The Morgan fingerprint density at radius 2 is 1.70 bits per heavy atom. The predicted octanol–water partition coefficient (Wildman–Crippen LogP) is 3.19. The molecule has 0 unspecified atom stereocenters. The number of rotatable bonds is 7. The first kappa shape index (κ1) is 14.1. The van der Waals surface area contributed by atoms with Crippen molar-refractivity contribution in [2.45, 2.75) is 0 Å². The summed E-state index contributed by atoms with van der Waals surface area (Å²) in [7, 11) is 3.27. The Morgan fingerprint density at radius 3 is 2.40 bits per heavy atom. The van der Waals surface area contributed by atoms with Crippen LogP contribution in [-0.2, 0) is 0 Å². The lowest BCUT2D eigenvalue weighted by atomic mass is 10.2. The zero-order valence-electron chi connectivity index (χ0n) is 11.8. The average molecular weight is 273 g/mol. The Balaban J connectivity index is 1.85. The summed E-state index contributed by atoms with van der Waals surface area (Å²) in [5.74, 6) is 2.40. The second-order valence-corrected chi connectivity index (χ2v) is 4.15. The van der Waals surface area contributed by atoms with Crippen molar-refractivity contribution >= 4 is 5.69 Å². The lowest BCUT2D eigenvalue weighted by Gasteiger charge is -2.13. The number of hydrogen-bond acceptors (Lipinski definition) is 4. The molecular formula is C16H19NO3. The highest BCUT2D eigenvalue weighted by Crippen LogP contribution is 2.28. The third-order valence-corrected chi connectivity index (χ3v) is 2.84. The first-order chi connectivity index (χ1) is 9.83. The van der Waals surface area contributed by atoms with Gasteiger partial charge in [-0.3, -0.25) is 0 Å². The molecule has 0 aliphatic carbocycles. The van der Waals surface area contributed by atoms with E-state index in [2.05, 4.69) is 5.32 Å². The van der Waals surface area contributed by atoms with E-state index in [4.69, 9.17) is 14.2 Å². The molecule has 0 spiro atoms. The van der Waals surface area contributed by atoms with E-state index < -0.39 is 0 Å². The van der Waals surface area contributed by atoms with Crippen molar-refractivity contribution in [3.05, 3.63) is 48.5 Å². The summed E-state index contributed by atoms with van der Waals surface area (Å²) in [5.41, 5.74) is 0.921. The van der Waals surface area contributed by atoms with Crippen LogP contribution in [0.2, 0.25) is 0 Å². The van der Waals surface area contributed by atoms with Gasteiger partial charge in [0.1, 0.15) is 23.9 Å². The van der Waals surface area contributed by atoms with E-state index in [1.807, 2.05) is 48.5 Å². The fourth-order valence-corrected chi connectivity index (χ4v) is 1.82. The Morgan fingerprint density at radius 1 is 0.900 bits per heavy atom. The van der Waals surface area contributed by atoms with Gasteiger partial charge >= 0.3 is 0 Å². The average Bonchev–Trinajstić information content (AvgIpc) is 2.52. The van der Waals surface area contributed by atoms with Gasteiger partial charge in [0.25, 0.3) is 0 Å². The van der Waals surface area contributed by atoms with Crippen LogP contribution >= 0.6 is 0 Å². The van der Waals surface area contributed by atoms with Crippen LogP contribution in [0.25, 0.3) is 0 Å². The largest absolute Gasteiger partial charge is 0.497 e. The zero-order valence-corrected chi connectivity index (χ0v) is 11.8. The second-order valence-electron chi connectivity index (χ2n) is 4.15. The Bertz CT molecular complexity index is 529. The van der Waals surface area contributed by atoms with Gasteiger partial charge in [0.2, 0.25) is 0 Å². The molecule has 4 nitrogen and oxygen atoms in total. The van der Waals surface area contributed by atoms with Crippen LogP contribution in [0.15, 0.2) is 48.5 Å². The molecule has 20 heavy (non-hydrogen) atoms. The van der Waals surface area contributed by atoms with Gasteiger partial charge in [-0.2, -0.15) is 0 Å². The van der Waals surface area contributed by atoms with Crippen LogP contribution < -0.4 is 19.5 Å². The summed E-state index contributed by atoms with van der Waals surface area (Å²) in [6.07, 6.45) is 0. The van der Waals surface area contributed by atoms with Crippen molar-refractivity contribution in [2.75, 3.05) is 32.7 Å². The third-order valence-electron chi connectivity index (χ3n) is 2.84. The molecule has 0 bridgehead atoms. The lowest BCUT2D eigenvalue weighted by molar-refractivity contribution is 0.332. The zero-order chi connectivity index (χ0) is 14.2. The van der Waals surface area contributed by atoms with Crippen molar-refractivity contribution < 1.29 is 14.2 Å². The SMILES string of the molecule is COc1ccc(NCCOc2ccccc2)c(OC)c1. The number of anilines is 1. The molecule has 0 atom stereocenters. The van der Waals surface area contributed by atoms with E-state index in [-0.39, 0.29) is 0 Å². The lowest BCUT2D eigenvalue weighted by Crippen LogP contribution is -2.12. The first-order valence-corrected chi connectivity index (χ1v) is 6.47. The number of ether oxygens (including phenoxy) is 3. The van der Waals surface area contributed by atoms with Crippen LogP contribution in [0.1, 0.15) is 0 Å². The van der Waals surface area contributed by atoms with Gasteiger partial charge in [0.15, 0.2) is 0 Å². The van der Waals surface area contributed by atoms with Gasteiger partial charge < -0.3 is 19.5 Å². The molecule has 0 heterocycles. The Hall–Kier alpha value is -2.36. The Kier molecular flexibility index (Phi) is 5.12. The smallest absolute Gasteiger partial charge is 0.145 e.